The lowest BCUT2D eigenvalue weighted by atomic mass is 10.2. The van der Waals surface area contributed by atoms with E-state index in [1.54, 1.807) is 0 Å². The zero-order chi connectivity index (χ0) is 10.0. The third-order valence-corrected chi connectivity index (χ3v) is 2.28. The summed E-state index contributed by atoms with van der Waals surface area (Å²) in [5.41, 5.74) is 7.00. The van der Waals surface area contributed by atoms with Crippen LogP contribution in [0.1, 0.15) is 45.1 Å². The molecule has 1 heterocycles. The van der Waals surface area contributed by atoms with E-state index in [4.69, 9.17) is 5.73 Å². The van der Waals surface area contributed by atoms with Crippen LogP contribution in [-0.2, 0) is 13.0 Å². The summed E-state index contributed by atoms with van der Waals surface area (Å²) in [6.07, 6.45) is 0.915. The average Bonchev–Trinajstić information content (AvgIpc) is 2.42. The first kappa shape index (κ1) is 10.1. The minimum absolute atomic E-state index is 0.447. The highest BCUT2D eigenvalue weighted by Gasteiger charge is 2.14. The second-order valence-corrected chi connectivity index (χ2v) is 3.55. The summed E-state index contributed by atoms with van der Waals surface area (Å²) < 4.78 is 2.10. The molecule has 0 unspecified atom stereocenters. The molecule has 0 atom stereocenters. The minimum atomic E-state index is 0.447. The number of nitrogens with zero attached hydrogens (tertiary/aromatic N) is 2. The van der Waals surface area contributed by atoms with Crippen molar-refractivity contribution < 1.29 is 0 Å². The van der Waals surface area contributed by atoms with Crippen LogP contribution >= 0.6 is 0 Å². The van der Waals surface area contributed by atoms with Crippen molar-refractivity contribution in [3.05, 3.63) is 11.5 Å². The minimum Gasteiger partial charge on any atom is -0.384 e. The summed E-state index contributed by atoms with van der Waals surface area (Å²) in [5, 5.41) is 0. The van der Waals surface area contributed by atoms with E-state index in [9.17, 15) is 0 Å². The van der Waals surface area contributed by atoms with Gasteiger partial charge >= 0.3 is 0 Å². The SMILES string of the molecule is CCc1nc(C(C)C)n(CC)c1N. The smallest absolute Gasteiger partial charge is 0.126 e. The van der Waals surface area contributed by atoms with E-state index < -0.39 is 0 Å². The molecule has 0 fully saturated rings. The van der Waals surface area contributed by atoms with Crippen molar-refractivity contribution in [3.8, 4) is 0 Å². The lowest BCUT2D eigenvalue weighted by Gasteiger charge is -2.08. The van der Waals surface area contributed by atoms with E-state index in [1.807, 2.05) is 0 Å². The standard InChI is InChI=1S/C10H19N3/c1-5-8-9(11)13(6-2)10(12-8)7(3)4/h7H,5-6,11H2,1-4H3. The maximum absolute atomic E-state index is 5.96. The summed E-state index contributed by atoms with van der Waals surface area (Å²) in [7, 11) is 0. The van der Waals surface area contributed by atoms with Crippen molar-refractivity contribution >= 4 is 5.82 Å². The molecule has 0 spiro atoms. The Morgan fingerprint density at radius 2 is 2.00 bits per heavy atom. The van der Waals surface area contributed by atoms with Crippen LogP contribution < -0.4 is 5.73 Å². The van der Waals surface area contributed by atoms with E-state index in [0.717, 1.165) is 30.3 Å². The van der Waals surface area contributed by atoms with Crippen LogP contribution in [0.3, 0.4) is 0 Å². The maximum Gasteiger partial charge on any atom is 0.126 e. The molecule has 3 heteroatoms. The van der Waals surface area contributed by atoms with Gasteiger partial charge in [0, 0.05) is 12.5 Å². The van der Waals surface area contributed by atoms with Gasteiger partial charge in [0.05, 0.1) is 5.69 Å². The first-order valence-corrected chi connectivity index (χ1v) is 4.96. The molecule has 74 valence electrons. The number of aryl methyl sites for hydroxylation is 1. The molecule has 1 rings (SSSR count). The van der Waals surface area contributed by atoms with Gasteiger partial charge in [-0.05, 0) is 13.3 Å². The Morgan fingerprint density at radius 3 is 2.31 bits per heavy atom. The van der Waals surface area contributed by atoms with Gasteiger partial charge in [-0.25, -0.2) is 4.98 Å². The Balaban J connectivity index is 3.19. The number of aromatic nitrogens is 2. The number of nitrogen functional groups attached to an aromatic ring is 1. The predicted molar refractivity (Wildman–Crippen MR) is 55.8 cm³/mol. The maximum atomic E-state index is 5.96. The molecule has 0 aliphatic rings. The van der Waals surface area contributed by atoms with E-state index >= 15 is 0 Å². The van der Waals surface area contributed by atoms with Gasteiger partial charge in [-0.15, -0.1) is 0 Å². The quantitative estimate of drug-likeness (QED) is 0.776. The van der Waals surface area contributed by atoms with E-state index in [0.29, 0.717) is 5.92 Å². The topological polar surface area (TPSA) is 43.8 Å². The van der Waals surface area contributed by atoms with Crippen molar-refractivity contribution in [2.24, 2.45) is 0 Å². The van der Waals surface area contributed by atoms with Crippen LogP contribution in [0.25, 0.3) is 0 Å². The predicted octanol–water partition coefficient (Wildman–Crippen LogP) is 2.17. The largest absolute Gasteiger partial charge is 0.384 e. The number of anilines is 1. The zero-order valence-electron chi connectivity index (χ0n) is 8.96. The van der Waals surface area contributed by atoms with Crippen molar-refractivity contribution in [3.63, 3.8) is 0 Å². The molecule has 1 aromatic heterocycles. The molecule has 0 radical (unpaired) electrons. The highest BCUT2D eigenvalue weighted by molar-refractivity contribution is 5.38. The van der Waals surface area contributed by atoms with Gasteiger partial charge < -0.3 is 10.3 Å². The third kappa shape index (κ3) is 1.69. The molecular formula is C10H19N3. The van der Waals surface area contributed by atoms with Gasteiger partial charge in [-0.2, -0.15) is 0 Å². The fourth-order valence-corrected chi connectivity index (χ4v) is 1.57. The molecule has 0 saturated carbocycles. The Kier molecular flexibility index (Phi) is 2.96. The van der Waals surface area contributed by atoms with Crippen LogP contribution in [0.5, 0.6) is 0 Å². The molecule has 0 bridgehead atoms. The monoisotopic (exact) mass is 181 g/mol. The summed E-state index contributed by atoms with van der Waals surface area (Å²) in [4.78, 5) is 4.54. The number of hydrogen-bond donors (Lipinski definition) is 1. The van der Waals surface area contributed by atoms with Crippen LogP contribution in [-0.4, -0.2) is 9.55 Å². The number of rotatable bonds is 3. The van der Waals surface area contributed by atoms with Crippen LogP contribution in [0.2, 0.25) is 0 Å². The number of hydrogen-bond acceptors (Lipinski definition) is 2. The summed E-state index contributed by atoms with van der Waals surface area (Å²) in [5.74, 6) is 2.40. The van der Waals surface area contributed by atoms with Gasteiger partial charge in [0.15, 0.2) is 0 Å². The zero-order valence-corrected chi connectivity index (χ0v) is 8.96. The molecule has 0 saturated heterocycles. The third-order valence-electron chi connectivity index (χ3n) is 2.28. The molecule has 3 nitrogen and oxygen atoms in total. The van der Waals surface area contributed by atoms with Gasteiger partial charge in [0.1, 0.15) is 11.6 Å². The molecule has 0 aromatic carbocycles. The van der Waals surface area contributed by atoms with Crippen LogP contribution in [0.15, 0.2) is 0 Å². The average molecular weight is 181 g/mol. The Hall–Kier alpha value is -0.990. The normalized spacial score (nSPS) is 11.2. The summed E-state index contributed by atoms with van der Waals surface area (Å²) in [6, 6.07) is 0. The van der Waals surface area contributed by atoms with Gasteiger partial charge in [0.2, 0.25) is 0 Å². The lowest BCUT2D eigenvalue weighted by molar-refractivity contribution is 0.658. The Morgan fingerprint density at radius 1 is 1.38 bits per heavy atom. The van der Waals surface area contributed by atoms with Gasteiger partial charge in [-0.3, -0.25) is 0 Å². The molecule has 13 heavy (non-hydrogen) atoms. The number of imidazole rings is 1. The first-order chi connectivity index (χ1) is 6.11. The van der Waals surface area contributed by atoms with E-state index in [1.165, 1.54) is 0 Å². The Labute approximate surface area is 80.0 Å². The second kappa shape index (κ2) is 3.81. The van der Waals surface area contributed by atoms with Crippen molar-refractivity contribution in [2.75, 3.05) is 5.73 Å². The van der Waals surface area contributed by atoms with Gasteiger partial charge in [0.25, 0.3) is 0 Å². The molecule has 0 aliphatic heterocycles. The highest BCUT2D eigenvalue weighted by atomic mass is 15.1. The highest BCUT2D eigenvalue weighted by Crippen LogP contribution is 2.20. The molecule has 1 aromatic rings. The van der Waals surface area contributed by atoms with Gasteiger partial charge in [-0.1, -0.05) is 20.8 Å². The molecule has 0 amide bonds. The molecular weight excluding hydrogens is 162 g/mol. The van der Waals surface area contributed by atoms with Crippen molar-refractivity contribution in [1.29, 1.82) is 0 Å². The fraction of sp³-hybridized carbons (Fsp3) is 0.700. The van der Waals surface area contributed by atoms with Crippen molar-refractivity contribution in [1.82, 2.24) is 9.55 Å². The van der Waals surface area contributed by atoms with Crippen LogP contribution in [0.4, 0.5) is 5.82 Å². The molecule has 2 N–H and O–H groups in total. The summed E-state index contributed by atoms with van der Waals surface area (Å²) in [6.45, 7) is 9.39. The number of nitrogens with two attached hydrogens (primary N) is 1. The fourth-order valence-electron chi connectivity index (χ4n) is 1.57. The van der Waals surface area contributed by atoms with Crippen LogP contribution in [0, 0.1) is 0 Å². The summed E-state index contributed by atoms with van der Waals surface area (Å²) >= 11 is 0. The first-order valence-electron chi connectivity index (χ1n) is 4.96. The Bertz CT molecular complexity index is 287. The van der Waals surface area contributed by atoms with E-state index in [-0.39, 0.29) is 0 Å². The second-order valence-electron chi connectivity index (χ2n) is 3.55. The van der Waals surface area contributed by atoms with Crippen molar-refractivity contribution in [2.45, 2.75) is 46.6 Å². The van der Waals surface area contributed by atoms with E-state index in [2.05, 4.69) is 37.2 Å². The lowest BCUT2D eigenvalue weighted by Crippen LogP contribution is -2.06. The molecule has 0 aliphatic carbocycles.